The molecule has 1 aliphatic rings. The van der Waals surface area contributed by atoms with Crippen molar-refractivity contribution in [3.8, 4) is 0 Å². The zero-order valence-corrected chi connectivity index (χ0v) is 10.9. The molecule has 1 rings (SSSR count). The highest BCUT2D eigenvalue weighted by molar-refractivity contribution is 5.81. The molecule has 2 N–H and O–H groups in total. The van der Waals surface area contributed by atoms with Crippen LogP contribution in [0.2, 0.25) is 0 Å². The lowest BCUT2D eigenvalue weighted by atomic mass is 9.89. The molecule has 0 radical (unpaired) electrons. The van der Waals surface area contributed by atoms with Crippen LogP contribution in [0.4, 0.5) is 0 Å². The molecule has 0 spiro atoms. The van der Waals surface area contributed by atoms with Gasteiger partial charge in [0.25, 0.3) is 0 Å². The van der Waals surface area contributed by atoms with Crippen LogP contribution in [-0.2, 0) is 4.79 Å². The van der Waals surface area contributed by atoms with E-state index in [0.717, 1.165) is 37.8 Å². The van der Waals surface area contributed by atoms with Crippen molar-refractivity contribution in [1.82, 2.24) is 4.90 Å². The minimum atomic E-state index is -0.341. The molecule has 3 nitrogen and oxygen atoms in total. The van der Waals surface area contributed by atoms with Gasteiger partial charge in [-0.2, -0.15) is 0 Å². The largest absolute Gasteiger partial charge is 0.341 e. The van der Waals surface area contributed by atoms with Crippen LogP contribution in [0.15, 0.2) is 0 Å². The van der Waals surface area contributed by atoms with E-state index in [1.165, 1.54) is 12.8 Å². The molecule has 94 valence electrons. The fraction of sp³-hybridized carbons (Fsp3) is 0.923. The second-order valence-electron chi connectivity index (χ2n) is 5.53. The Balaban J connectivity index is 2.26. The number of carbonyl (C=O) groups excluding carboxylic acids is 1. The molecule has 0 unspecified atom stereocenters. The molecular formula is C13H26N2O. The third-order valence-electron chi connectivity index (χ3n) is 3.47. The Morgan fingerprint density at radius 2 is 1.88 bits per heavy atom. The van der Waals surface area contributed by atoms with E-state index >= 15 is 0 Å². The number of nitrogens with two attached hydrogens (primary N) is 1. The van der Waals surface area contributed by atoms with Crippen molar-refractivity contribution in [2.75, 3.05) is 13.1 Å². The van der Waals surface area contributed by atoms with Crippen molar-refractivity contribution < 1.29 is 4.79 Å². The van der Waals surface area contributed by atoms with Gasteiger partial charge >= 0.3 is 0 Å². The van der Waals surface area contributed by atoms with Crippen LogP contribution < -0.4 is 5.73 Å². The summed E-state index contributed by atoms with van der Waals surface area (Å²) < 4.78 is 0. The molecule has 3 heteroatoms. The van der Waals surface area contributed by atoms with Gasteiger partial charge < -0.3 is 10.6 Å². The maximum atomic E-state index is 11.7. The molecule has 1 atom stereocenters. The summed E-state index contributed by atoms with van der Waals surface area (Å²) in [6.45, 7) is 8.13. The van der Waals surface area contributed by atoms with Gasteiger partial charge in [-0.3, -0.25) is 4.79 Å². The summed E-state index contributed by atoms with van der Waals surface area (Å²) in [4.78, 5) is 13.6. The van der Waals surface area contributed by atoms with Crippen LogP contribution in [0.25, 0.3) is 0 Å². The number of hydrogen-bond donors (Lipinski definition) is 1. The minimum Gasteiger partial charge on any atom is -0.341 e. The van der Waals surface area contributed by atoms with Crippen molar-refractivity contribution in [2.45, 2.75) is 52.5 Å². The predicted molar refractivity (Wildman–Crippen MR) is 67.0 cm³/mol. The molecule has 0 aliphatic carbocycles. The Hall–Kier alpha value is -0.570. The normalized spacial score (nSPS) is 20.2. The predicted octanol–water partition coefficient (Wildman–Crippen LogP) is 2.01. The Bertz CT molecular complexity index is 218. The number of carbonyl (C=O) groups is 1. The first-order valence-electron chi connectivity index (χ1n) is 6.55. The minimum absolute atomic E-state index is 0.113. The maximum Gasteiger partial charge on any atom is 0.239 e. The van der Waals surface area contributed by atoms with Gasteiger partial charge in [0.05, 0.1) is 6.04 Å². The van der Waals surface area contributed by atoms with Gasteiger partial charge in [-0.1, -0.05) is 26.7 Å². The van der Waals surface area contributed by atoms with Gasteiger partial charge in [-0.05, 0) is 31.6 Å². The monoisotopic (exact) mass is 226 g/mol. The van der Waals surface area contributed by atoms with E-state index in [9.17, 15) is 4.79 Å². The van der Waals surface area contributed by atoms with Crippen molar-refractivity contribution in [1.29, 1.82) is 0 Å². The van der Waals surface area contributed by atoms with Crippen LogP contribution in [0.5, 0.6) is 0 Å². The SMILES string of the molecule is CC(C)CCC1CCN(C(=O)[C@H](C)N)CC1. The average molecular weight is 226 g/mol. The topological polar surface area (TPSA) is 46.3 Å². The molecule has 0 saturated carbocycles. The fourth-order valence-corrected chi connectivity index (χ4v) is 2.30. The zero-order valence-electron chi connectivity index (χ0n) is 10.9. The number of rotatable bonds is 4. The molecule has 1 saturated heterocycles. The number of likely N-dealkylation sites (tertiary alicyclic amines) is 1. The summed E-state index contributed by atoms with van der Waals surface area (Å²) in [6.07, 6.45) is 4.94. The first-order chi connectivity index (χ1) is 7.50. The summed E-state index contributed by atoms with van der Waals surface area (Å²) in [5, 5.41) is 0. The van der Waals surface area contributed by atoms with E-state index in [4.69, 9.17) is 5.73 Å². The van der Waals surface area contributed by atoms with Crippen LogP contribution >= 0.6 is 0 Å². The lowest BCUT2D eigenvalue weighted by Gasteiger charge is -2.33. The lowest BCUT2D eigenvalue weighted by molar-refractivity contribution is -0.133. The summed E-state index contributed by atoms with van der Waals surface area (Å²) in [5.74, 6) is 1.73. The third kappa shape index (κ3) is 4.12. The molecule has 0 aromatic rings. The molecule has 1 heterocycles. The molecule has 0 bridgehead atoms. The molecule has 1 fully saturated rings. The smallest absolute Gasteiger partial charge is 0.239 e. The van der Waals surface area contributed by atoms with E-state index in [2.05, 4.69) is 13.8 Å². The fourth-order valence-electron chi connectivity index (χ4n) is 2.30. The number of nitrogens with zero attached hydrogens (tertiary/aromatic N) is 1. The number of hydrogen-bond acceptors (Lipinski definition) is 2. The standard InChI is InChI=1S/C13H26N2O/c1-10(2)4-5-12-6-8-15(9-7-12)13(16)11(3)14/h10-12H,4-9,14H2,1-3H3/t11-/m0/s1. The van der Waals surface area contributed by atoms with E-state index in [1.807, 2.05) is 4.90 Å². The van der Waals surface area contributed by atoms with Gasteiger partial charge in [0.1, 0.15) is 0 Å². The van der Waals surface area contributed by atoms with Gasteiger partial charge in [-0.25, -0.2) is 0 Å². The Kier molecular flexibility index (Phi) is 5.26. The van der Waals surface area contributed by atoms with Gasteiger partial charge in [0.15, 0.2) is 0 Å². The van der Waals surface area contributed by atoms with Gasteiger partial charge in [0.2, 0.25) is 5.91 Å². The van der Waals surface area contributed by atoms with Crippen LogP contribution in [0.1, 0.15) is 46.5 Å². The molecular weight excluding hydrogens is 200 g/mol. The summed E-state index contributed by atoms with van der Waals surface area (Å²) >= 11 is 0. The summed E-state index contributed by atoms with van der Waals surface area (Å²) in [6, 6.07) is -0.341. The molecule has 0 aromatic heterocycles. The summed E-state index contributed by atoms with van der Waals surface area (Å²) in [7, 11) is 0. The number of amides is 1. The van der Waals surface area contributed by atoms with E-state index < -0.39 is 0 Å². The molecule has 0 aromatic carbocycles. The Morgan fingerprint density at radius 1 is 1.31 bits per heavy atom. The first-order valence-corrected chi connectivity index (χ1v) is 6.55. The first kappa shape index (κ1) is 13.5. The van der Waals surface area contributed by atoms with Gasteiger partial charge in [-0.15, -0.1) is 0 Å². The Morgan fingerprint density at radius 3 is 2.31 bits per heavy atom. The zero-order chi connectivity index (χ0) is 12.1. The van der Waals surface area contributed by atoms with Crippen LogP contribution in [0.3, 0.4) is 0 Å². The average Bonchev–Trinajstić information content (AvgIpc) is 2.26. The second kappa shape index (κ2) is 6.24. The Labute approximate surface area is 99.4 Å². The van der Waals surface area contributed by atoms with Crippen molar-refractivity contribution in [2.24, 2.45) is 17.6 Å². The van der Waals surface area contributed by atoms with Crippen molar-refractivity contribution >= 4 is 5.91 Å². The lowest BCUT2D eigenvalue weighted by Crippen LogP contribution is -2.45. The van der Waals surface area contributed by atoms with Crippen molar-refractivity contribution in [3.05, 3.63) is 0 Å². The van der Waals surface area contributed by atoms with Crippen LogP contribution in [-0.4, -0.2) is 29.9 Å². The third-order valence-corrected chi connectivity index (χ3v) is 3.47. The molecule has 1 aliphatic heterocycles. The van der Waals surface area contributed by atoms with Crippen LogP contribution in [0, 0.1) is 11.8 Å². The highest BCUT2D eigenvalue weighted by Gasteiger charge is 2.24. The van der Waals surface area contributed by atoms with Crippen molar-refractivity contribution in [3.63, 3.8) is 0 Å². The highest BCUT2D eigenvalue weighted by atomic mass is 16.2. The quantitative estimate of drug-likeness (QED) is 0.797. The second-order valence-corrected chi connectivity index (χ2v) is 5.53. The van der Waals surface area contributed by atoms with E-state index in [1.54, 1.807) is 6.92 Å². The molecule has 16 heavy (non-hydrogen) atoms. The van der Waals surface area contributed by atoms with E-state index in [0.29, 0.717) is 0 Å². The maximum absolute atomic E-state index is 11.7. The van der Waals surface area contributed by atoms with E-state index in [-0.39, 0.29) is 11.9 Å². The highest BCUT2D eigenvalue weighted by Crippen LogP contribution is 2.23. The number of piperidine rings is 1. The molecule has 1 amide bonds. The van der Waals surface area contributed by atoms with Gasteiger partial charge in [0, 0.05) is 13.1 Å². The summed E-state index contributed by atoms with van der Waals surface area (Å²) in [5.41, 5.74) is 5.61.